The van der Waals surface area contributed by atoms with Gasteiger partial charge in [-0.2, -0.15) is 0 Å². The van der Waals surface area contributed by atoms with Crippen molar-refractivity contribution in [1.29, 1.82) is 0 Å². The Morgan fingerprint density at radius 3 is 2.26 bits per heavy atom. The van der Waals surface area contributed by atoms with Gasteiger partial charge in [0.25, 0.3) is 0 Å². The van der Waals surface area contributed by atoms with Gasteiger partial charge in [-0.1, -0.05) is 48.0 Å². The third kappa shape index (κ3) is 1.55. The first-order valence-electron chi connectivity index (χ1n) is 8.02. The topological polar surface area (TPSA) is 34.1 Å². The summed E-state index contributed by atoms with van der Waals surface area (Å²) < 4.78 is 0. The molecule has 3 aliphatic rings. The predicted molar refractivity (Wildman–Crippen MR) is 88.0 cm³/mol. The van der Waals surface area contributed by atoms with Crippen LogP contribution in [0.3, 0.4) is 0 Å². The quantitative estimate of drug-likeness (QED) is 0.726. The molecule has 0 amide bonds. The van der Waals surface area contributed by atoms with E-state index in [9.17, 15) is 9.59 Å². The van der Waals surface area contributed by atoms with Gasteiger partial charge in [-0.15, -0.1) is 0 Å². The molecule has 0 bridgehead atoms. The molecular formula is C20H15ClO2. The fourth-order valence-electron chi connectivity index (χ4n) is 4.99. The van der Waals surface area contributed by atoms with E-state index < -0.39 is 5.41 Å². The third-order valence-electron chi connectivity index (χ3n) is 6.13. The Morgan fingerprint density at radius 2 is 1.61 bits per heavy atom. The maximum atomic E-state index is 13.0. The van der Waals surface area contributed by atoms with Crippen molar-refractivity contribution in [2.75, 3.05) is 0 Å². The van der Waals surface area contributed by atoms with E-state index in [1.807, 2.05) is 30.3 Å². The van der Waals surface area contributed by atoms with Gasteiger partial charge in [0.05, 0.1) is 5.41 Å². The zero-order chi connectivity index (χ0) is 15.8. The minimum atomic E-state index is -0.824. The molecule has 0 heterocycles. The highest BCUT2D eigenvalue weighted by Gasteiger charge is 2.71. The molecule has 0 aliphatic heterocycles. The second-order valence-corrected chi connectivity index (χ2v) is 7.67. The molecule has 2 aromatic rings. The number of rotatable bonds is 1. The number of carbonyl (C=O) groups excluding carboxylic acids is 2. The smallest absolute Gasteiger partial charge is 0.177 e. The van der Waals surface area contributed by atoms with Crippen LogP contribution < -0.4 is 0 Å². The van der Waals surface area contributed by atoms with Crippen LogP contribution in [0.25, 0.3) is 0 Å². The summed E-state index contributed by atoms with van der Waals surface area (Å²) in [5.74, 6) is 0.488. The number of hydrogen-bond donors (Lipinski definition) is 0. The molecular weight excluding hydrogens is 308 g/mol. The molecule has 0 aromatic heterocycles. The van der Waals surface area contributed by atoms with E-state index in [1.165, 1.54) is 5.56 Å². The van der Waals surface area contributed by atoms with E-state index >= 15 is 0 Å². The van der Waals surface area contributed by atoms with Crippen LogP contribution in [-0.4, -0.2) is 11.6 Å². The maximum Gasteiger partial charge on any atom is 0.177 e. The van der Waals surface area contributed by atoms with Gasteiger partial charge in [-0.25, -0.2) is 0 Å². The molecule has 0 radical (unpaired) electrons. The van der Waals surface area contributed by atoms with Gasteiger partial charge in [-0.3, -0.25) is 9.59 Å². The maximum absolute atomic E-state index is 13.0. The number of hydrogen-bond acceptors (Lipinski definition) is 2. The van der Waals surface area contributed by atoms with Crippen molar-refractivity contribution >= 4 is 23.2 Å². The minimum absolute atomic E-state index is 0.0295. The summed E-state index contributed by atoms with van der Waals surface area (Å²) in [5.41, 5.74) is 1.55. The fourth-order valence-corrected chi connectivity index (χ4v) is 5.18. The number of ketones is 2. The number of Topliss-reactive ketones (excluding diaryl/α,β-unsaturated/α-hetero) is 2. The molecule has 114 valence electrons. The highest BCUT2D eigenvalue weighted by molar-refractivity contribution is 6.31. The Bertz CT molecular complexity index is 850. The molecule has 2 saturated carbocycles. The largest absolute Gasteiger partial charge is 0.293 e. The Balaban J connectivity index is 1.59. The van der Waals surface area contributed by atoms with Crippen LogP contribution in [0.5, 0.6) is 0 Å². The molecule has 5 rings (SSSR count). The van der Waals surface area contributed by atoms with Crippen molar-refractivity contribution in [3.63, 3.8) is 0 Å². The van der Waals surface area contributed by atoms with E-state index in [0.717, 1.165) is 11.4 Å². The standard InChI is InChI=1S/C20H15ClO2/c21-14-5-3-4-12(8-14)19-9-13(19)10-20(11-19)17(22)15-6-1-2-7-16(15)18(20)23/h1-8,13H,9-11H2. The van der Waals surface area contributed by atoms with Gasteiger partial charge in [0.2, 0.25) is 0 Å². The average Bonchev–Trinajstić information content (AvgIpc) is 3.09. The van der Waals surface area contributed by atoms with E-state index in [2.05, 4.69) is 6.07 Å². The third-order valence-corrected chi connectivity index (χ3v) is 6.36. The van der Waals surface area contributed by atoms with Crippen molar-refractivity contribution < 1.29 is 9.59 Å². The summed E-state index contributed by atoms with van der Waals surface area (Å²) in [6.07, 6.45) is 2.38. The summed E-state index contributed by atoms with van der Waals surface area (Å²) in [6.45, 7) is 0. The van der Waals surface area contributed by atoms with E-state index in [4.69, 9.17) is 11.6 Å². The molecule has 0 saturated heterocycles. The van der Waals surface area contributed by atoms with Gasteiger partial charge in [0, 0.05) is 16.1 Å². The molecule has 2 nitrogen and oxygen atoms in total. The summed E-state index contributed by atoms with van der Waals surface area (Å²) in [5, 5.41) is 0.718. The first-order valence-corrected chi connectivity index (χ1v) is 8.39. The Kier molecular flexibility index (Phi) is 2.42. The van der Waals surface area contributed by atoms with Crippen molar-refractivity contribution in [3.8, 4) is 0 Å². The molecule has 2 atom stereocenters. The lowest BCUT2D eigenvalue weighted by atomic mass is 9.75. The highest BCUT2D eigenvalue weighted by Crippen LogP contribution is 2.72. The second kappa shape index (κ2) is 4.12. The molecule has 1 spiro atoms. The summed E-state index contributed by atoms with van der Waals surface area (Å²) in [7, 11) is 0. The van der Waals surface area contributed by atoms with Crippen LogP contribution in [0.1, 0.15) is 45.5 Å². The SMILES string of the molecule is O=C1c2ccccc2C(=O)C12CC1CC1(c1cccc(Cl)c1)C2. The van der Waals surface area contributed by atoms with Gasteiger partial charge in [-0.05, 0) is 48.3 Å². The predicted octanol–water partition coefficient (Wildman–Crippen LogP) is 4.46. The molecule has 3 heteroatoms. The lowest BCUT2D eigenvalue weighted by Gasteiger charge is -2.24. The first-order chi connectivity index (χ1) is 11.1. The molecule has 23 heavy (non-hydrogen) atoms. The van der Waals surface area contributed by atoms with Gasteiger partial charge in [0.1, 0.15) is 0 Å². The summed E-state index contributed by atoms with van der Waals surface area (Å²) in [6, 6.07) is 15.2. The Morgan fingerprint density at radius 1 is 0.913 bits per heavy atom. The van der Waals surface area contributed by atoms with Gasteiger partial charge < -0.3 is 0 Å². The van der Waals surface area contributed by atoms with Crippen LogP contribution in [0, 0.1) is 11.3 Å². The number of halogens is 1. The number of benzene rings is 2. The van der Waals surface area contributed by atoms with Crippen LogP contribution in [0.15, 0.2) is 48.5 Å². The normalized spacial score (nSPS) is 29.7. The van der Waals surface area contributed by atoms with E-state index in [1.54, 1.807) is 12.1 Å². The van der Waals surface area contributed by atoms with Crippen molar-refractivity contribution in [2.24, 2.45) is 11.3 Å². The highest BCUT2D eigenvalue weighted by atomic mass is 35.5. The first kappa shape index (κ1) is 13.5. The molecule has 0 N–H and O–H groups in total. The number of carbonyl (C=O) groups is 2. The van der Waals surface area contributed by atoms with Gasteiger partial charge >= 0.3 is 0 Å². The Hall–Kier alpha value is -1.93. The summed E-state index contributed by atoms with van der Waals surface area (Å²) >= 11 is 6.15. The van der Waals surface area contributed by atoms with Crippen LogP contribution in [0.4, 0.5) is 0 Å². The molecule has 2 unspecified atom stereocenters. The monoisotopic (exact) mass is 322 g/mol. The van der Waals surface area contributed by atoms with Gasteiger partial charge in [0.15, 0.2) is 11.6 Å². The van der Waals surface area contributed by atoms with E-state index in [0.29, 0.717) is 29.9 Å². The zero-order valence-electron chi connectivity index (χ0n) is 12.5. The van der Waals surface area contributed by atoms with Crippen LogP contribution in [-0.2, 0) is 5.41 Å². The fraction of sp³-hybridized carbons (Fsp3) is 0.300. The molecule has 2 fully saturated rings. The molecule has 2 aromatic carbocycles. The number of fused-ring (bicyclic) bond motifs is 2. The van der Waals surface area contributed by atoms with Crippen LogP contribution in [0.2, 0.25) is 5.02 Å². The summed E-state index contributed by atoms with van der Waals surface area (Å²) in [4.78, 5) is 26.0. The lowest BCUT2D eigenvalue weighted by molar-refractivity contribution is 0.0682. The lowest BCUT2D eigenvalue weighted by Crippen LogP contribution is -2.33. The van der Waals surface area contributed by atoms with Crippen molar-refractivity contribution in [1.82, 2.24) is 0 Å². The van der Waals surface area contributed by atoms with Crippen molar-refractivity contribution in [2.45, 2.75) is 24.7 Å². The minimum Gasteiger partial charge on any atom is -0.293 e. The second-order valence-electron chi connectivity index (χ2n) is 7.23. The molecule has 3 aliphatic carbocycles. The van der Waals surface area contributed by atoms with Crippen molar-refractivity contribution in [3.05, 3.63) is 70.2 Å². The average molecular weight is 323 g/mol. The Labute approximate surface area is 139 Å². The van der Waals surface area contributed by atoms with E-state index in [-0.39, 0.29) is 17.0 Å². The zero-order valence-corrected chi connectivity index (χ0v) is 13.3. The van der Waals surface area contributed by atoms with Crippen LogP contribution >= 0.6 is 11.6 Å².